The number of hydrogen-bond acceptors (Lipinski definition) is 2. The smallest absolute Gasteiger partial charge is 0.115 e. The van der Waals surface area contributed by atoms with Gasteiger partial charge in [-0.15, -0.1) is 0 Å². The molecule has 1 aromatic heterocycles. The maximum atomic E-state index is 4.25. The zero-order chi connectivity index (χ0) is 10.6. The zero-order valence-corrected chi connectivity index (χ0v) is 10.6. The molecule has 0 amide bonds. The van der Waals surface area contributed by atoms with Crippen LogP contribution >= 0.6 is 15.9 Å². The van der Waals surface area contributed by atoms with E-state index in [4.69, 9.17) is 0 Å². The minimum atomic E-state index is 0.525. The van der Waals surface area contributed by atoms with Crippen LogP contribution in [0.1, 0.15) is 31.7 Å². The lowest BCUT2D eigenvalue weighted by molar-refractivity contribution is 0.568. The number of halogens is 1. The van der Waals surface area contributed by atoms with Crippen molar-refractivity contribution >= 4 is 15.9 Å². The van der Waals surface area contributed by atoms with Crippen molar-refractivity contribution in [2.45, 2.75) is 38.4 Å². The number of aryl methyl sites for hydroxylation is 1. The Hall–Kier alpha value is -0.440. The van der Waals surface area contributed by atoms with Crippen LogP contribution in [0, 0.1) is 12.8 Å². The Morgan fingerprint density at radius 3 is 2.64 bits per heavy atom. The molecule has 0 bridgehead atoms. The van der Waals surface area contributed by atoms with Crippen molar-refractivity contribution in [3.63, 3.8) is 0 Å². The molecule has 0 spiro atoms. The second kappa shape index (κ2) is 5.44. The minimum Gasteiger partial charge on any atom is -0.242 e. The van der Waals surface area contributed by atoms with Crippen LogP contribution in [-0.2, 0) is 6.42 Å². The molecule has 1 unspecified atom stereocenters. The van der Waals surface area contributed by atoms with Gasteiger partial charge in [0.05, 0.1) is 0 Å². The fourth-order valence-corrected chi connectivity index (χ4v) is 2.52. The molecule has 1 atom stereocenters. The number of alkyl halides is 1. The fraction of sp³-hybridized carbons (Fsp3) is 0.636. The zero-order valence-electron chi connectivity index (χ0n) is 9.00. The summed E-state index contributed by atoms with van der Waals surface area (Å²) in [6.45, 7) is 6.47. The van der Waals surface area contributed by atoms with Crippen molar-refractivity contribution in [3.05, 3.63) is 23.8 Å². The first-order valence-electron chi connectivity index (χ1n) is 4.99. The summed E-state index contributed by atoms with van der Waals surface area (Å²) in [6.07, 6.45) is 3.81. The van der Waals surface area contributed by atoms with E-state index >= 15 is 0 Å². The molecule has 0 fully saturated rings. The van der Waals surface area contributed by atoms with Crippen molar-refractivity contribution < 1.29 is 0 Å². The summed E-state index contributed by atoms with van der Waals surface area (Å²) >= 11 is 3.68. The van der Waals surface area contributed by atoms with Crippen molar-refractivity contribution in [2.75, 3.05) is 0 Å². The van der Waals surface area contributed by atoms with Gasteiger partial charge in [0.25, 0.3) is 0 Å². The molecule has 1 heterocycles. The Balaban J connectivity index is 2.51. The van der Waals surface area contributed by atoms with Gasteiger partial charge in [-0.3, -0.25) is 0 Å². The standard InChI is InChI=1S/C11H17BrN2/c1-8(2)4-10(12)6-11-5-9(3)13-7-14-11/h5,7-8,10H,4,6H2,1-3H3. The average molecular weight is 257 g/mol. The van der Waals surface area contributed by atoms with Crippen LogP contribution in [0.5, 0.6) is 0 Å². The van der Waals surface area contributed by atoms with E-state index in [-0.39, 0.29) is 0 Å². The Labute approximate surface area is 94.3 Å². The van der Waals surface area contributed by atoms with Crippen LogP contribution < -0.4 is 0 Å². The van der Waals surface area contributed by atoms with Crippen LogP contribution in [0.3, 0.4) is 0 Å². The van der Waals surface area contributed by atoms with Crippen LogP contribution in [0.4, 0.5) is 0 Å². The highest BCUT2D eigenvalue weighted by atomic mass is 79.9. The van der Waals surface area contributed by atoms with Gasteiger partial charge in [0.15, 0.2) is 0 Å². The van der Waals surface area contributed by atoms with Gasteiger partial charge < -0.3 is 0 Å². The summed E-state index contributed by atoms with van der Waals surface area (Å²) < 4.78 is 0. The first-order chi connectivity index (χ1) is 6.58. The Kier molecular flexibility index (Phi) is 4.52. The molecule has 0 saturated heterocycles. The Morgan fingerprint density at radius 2 is 2.07 bits per heavy atom. The molecule has 0 aromatic carbocycles. The van der Waals surface area contributed by atoms with Crippen molar-refractivity contribution in [1.82, 2.24) is 9.97 Å². The van der Waals surface area contributed by atoms with E-state index in [9.17, 15) is 0 Å². The highest BCUT2D eigenvalue weighted by molar-refractivity contribution is 9.09. The molecule has 0 radical (unpaired) electrons. The normalized spacial score (nSPS) is 13.2. The molecule has 0 aliphatic heterocycles. The molecule has 0 N–H and O–H groups in total. The SMILES string of the molecule is Cc1cc(CC(Br)CC(C)C)ncn1. The fourth-order valence-electron chi connectivity index (χ4n) is 1.44. The Bertz CT molecular complexity index is 286. The van der Waals surface area contributed by atoms with Gasteiger partial charge in [0.1, 0.15) is 6.33 Å². The van der Waals surface area contributed by atoms with E-state index in [1.807, 2.05) is 6.92 Å². The van der Waals surface area contributed by atoms with Crippen molar-refractivity contribution in [3.8, 4) is 0 Å². The van der Waals surface area contributed by atoms with Gasteiger partial charge >= 0.3 is 0 Å². The molecule has 1 rings (SSSR count). The van der Waals surface area contributed by atoms with E-state index < -0.39 is 0 Å². The van der Waals surface area contributed by atoms with Crippen LogP contribution in [0.15, 0.2) is 12.4 Å². The third kappa shape index (κ3) is 4.18. The quantitative estimate of drug-likeness (QED) is 0.774. The predicted octanol–water partition coefficient (Wildman–Crippen LogP) is 3.14. The molecule has 14 heavy (non-hydrogen) atoms. The van der Waals surface area contributed by atoms with E-state index in [0.29, 0.717) is 4.83 Å². The van der Waals surface area contributed by atoms with Crippen LogP contribution in [-0.4, -0.2) is 14.8 Å². The maximum Gasteiger partial charge on any atom is 0.115 e. The molecule has 0 aliphatic carbocycles. The number of nitrogens with zero attached hydrogens (tertiary/aromatic N) is 2. The van der Waals surface area contributed by atoms with Gasteiger partial charge in [-0.1, -0.05) is 29.8 Å². The first-order valence-corrected chi connectivity index (χ1v) is 5.91. The lowest BCUT2D eigenvalue weighted by Crippen LogP contribution is -2.08. The monoisotopic (exact) mass is 256 g/mol. The third-order valence-electron chi connectivity index (χ3n) is 2.02. The van der Waals surface area contributed by atoms with Crippen LogP contribution in [0.25, 0.3) is 0 Å². The van der Waals surface area contributed by atoms with E-state index in [2.05, 4.69) is 45.8 Å². The second-order valence-corrected chi connectivity index (χ2v) is 5.38. The summed E-state index contributed by atoms with van der Waals surface area (Å²) in [5.41, 5.74) is 2.17. The summed E-state index contributed by atoms with van der Waals surface area (Å²) in [6, 6.07) is 2.05. The van der Waals surface area contributed by atoms with Gasteiger partial charge in [-0.05, 0) is 25.3 Å². The second-order valence-electron chi connectivity index (χ2n) is 4.08. The molecular weight excluding hydrogens is 240 g/mol. The summed E-state index contributed by atoms with van der Waals surface area (Å²) in [5.74, 6) is 0.724. The molecule has 2 nitrogen and oxygen atoms in total. The molecule has 0 aliphatic rings. The van der Waals surface area contributed by atoms with E-state index in [1.54, 1.807) is 6.33 Å². The molecule has 0 saturated carbocycles. The van der Waals surface area contributed by atoms with E-state index in [1.165, 1.54) is 6.42 Å². The highest BCUT2D eigenvalue weighted by Gasteiger charge is 2.08. The molecule has 3 heteroatoms. The summed E-state index contributed by atoms with van der Waals surface area (Å²) in [7, 11) is 0. The maximum absolute atomic E-state index is 4.25. The summed E-state index contributed by atoms with van der Waals surface area (Å²) in [4.78, 5) is 8.85. The number of rotatable bonds is 4. The molecule has 1 aromatic rings. The highest BCUT2D eigenvalue weighted by Crippen LogP contribution is 2.16. The van der Waals surface area contributed by atoms with Crippen molar-refractivity contribution in [1.29, 1.82) is 0 Å². The molecule has 78 valence electrons. The first kappa shape index (κ1) is 11.6. The minimum absolute atomic E-state index is 0.525. The molecular formula is C11H17BrN2. The van der Waals surface area contributed by atoms with Gasteiger partial charge in [0.2, 0.25) is 0 Å². The van der Waals surface area contributed by atoms with Crippen molar-refractivity contribution in [2.24, 2.45) is 5.92 Å². The average Bonchev–Trinajstić information content (AvgIpc) is 2.01. The predicted molar refractivity (Wildman–Crippen MR) is 62.6 cm³/mol. The lowest BCUT2D eigenvalue weighted by atomic mass is 10.0. The lowest BCUT2D eigenvalue weighted by Gasteiger charge is -2.11. The third-order valence-corrected chi connectivity index (χ3v) is 2.72. The largest absolute Gasteiger partial charge is 0.242 e. The number of aromatic nitrogens is 2. The van der Waals surface area contributed by atoms with Gasteiger partial charge in [-0.25, -0.2) is 9.97 Å². The van der Waals surface area contributed by atoms with Gasteiger partial charge in [0, 0.05) is 22.6 Å². The van der Waals surface area contributed by atoms with Gasteiger partial charge in [-0.2, -0.15) is 0 Å². The number of hydrogen-bond donors (Lipinski definition) is 0. The van der Waals surface area contributed by atoms with E-state index in [0.717, 1.165) is 23.7 Å². The Morgan fingerprint density at radius 1 is 1.36 bits per heavy atom. The topological polar surface area (TPSA) is 25.8 Å². The summed E-state index contributed by atoms with van der Waals surface area (Å²) in [5, 5.41) is 0. The van der Waals surface area contributed by atoms with Crippen LogP contribution in [0.2, 0.25) is 0 Å².